The molecule has 0 aliphatic carbocycles. The van der Waals surface area contributed by atoms with Crippen LogP contribution >= 0.6 is 11.6 Å². The molecule has 0 spiro atoms. The second kappa shape index (κ2) is 6.90. The average Bonchev–Trinajstić information content (AvgIpc) is 2.29. The van der Waals surface area contributed by atoms with Crippen molar-refractivity contribution in [1.29, 1.82) is 0 Å². The number of benzene rings is 1. The second-order valence-electron chi connectivity index (χ2n) is 5.41. The Balaban J connectivity index is 2.82. The van der Waals surface area contributed by atoms with Gasteiger partial charge in [0, 0.05) is 16.3 Å². The number of ether oxygens (including phenoxy) is 1. The van der Waals surface area contributed by atoms with E-state index in [1.165, 1.54) is 12.1 Å². The van der Waals surface area contributed by atoms with Crippen molar-refractivity contribution < 1.29 is 13.9 Å². The topological polar surface area (TPSA) is 64.3 Å². The van der Waals surface area contributed by atoms with Crippen LogP contribution < -0.4 is 11.1 Å². The zero-order valence-corrected chi connectivity index (χ0v) is 12.6. The monoisotopic (exact) mass is 302 g/mol. The van der Waals surface area contributed by atoms with Gasteiger partial charge in [-0.15, -0.1) is 0 Å². The van der Waals surface area contributed by atoms with E-state index in [9.17, 15) is 9.18 Å². The highest BCUT2D eigenvalue weighted by atomic mass is 35.5. The van der Waals surface area contributed by atoms with Gasteiger partial charge in [-0.25, -0.2) is 9.18 Å². The van der Waals surface area contributed by atoms with Gasteiger partial charge in [-0.3, -0.25) is 5.32 Å². The minimum absolute atomic E-state index is 0.176. The van der Waals surface area contributed by atoms with Crippen LogP contribution in [-0.4, -0.2) is 18.2 Å². The number of amides is 1. The van der Waals surface area contributed by atoms with Gasteiger partial charge in [-0.2, -0.15) is 0 Å². The molecule has 0 aliphatic heterocycles. The van der Waals surface area contributed by atoms with Crippen molar-refractivity contribution in [3.63, 3.8) is 0 Å². The minimum atomic E-state index is -1.26. The third-order valence-corrected chi connectivity index (χ3v) is 2.74. The number of carbonyl (C=O) groups is 1. The van der Waals surface area contributed by atoms with Gasteiger partial charge in [0.25, 0.3) is 0 Å². The van der Waals surface area contributed by atoms with Crippen molar-refractivity contribution in [1.82, 2.24) is 0 Å². The summed E-state index contributed by atoms with van der Waals surface area (Å²) in [5.74, 6) is 0. The highest BCUT2D eigenvalue weighted by molar-refractivity contribution is 6.31. The molecule has 1 aromatic rings. The van der Waals surface area contributed by atoms with Crippen molar-refractivity contribution >= 4 is 23.4 Å². The standard InChI is InChI=1S/C14H20ClFN2O2/c1-14(2,3)20-13(19)18-9-4-5-11(15)10(8-9)12(16)6-7-17/h4-5,8,12H,6-7,17H2,1-3H3,(H,18,19). The lowest BCUT2D eigenvalue weighted by Crippen LogP contribution is -2.27. The summed E-state index contributed by atoms with van der Waals surface area (Å²) in [6.07, 6.45) is -1.68. The van der Waals surface area contributed by atoms with Crippen LogP contribution in [0, 0.1) is 0 Å². The summed E-state index contributed by atoms with van der Waals surface area (Å²) < 4.78 is 19.0. The molecule has 0 aromatic heterocycles. The highest BCUT2D eigenvalue weighted by Crippen LogP contribution is 2.30. The Morgan fingerprint density at radius 1 is 1.50 bits per heavy atom. The van der Waals surface area contributed by atoms with Crippen molar-refractivity contribution in [2.75, 3.05) is 11.9 Å². The Kier molecular flexibility index (Phi) is 5.77. The lowest BCUT2D eigenvalue weighted by atomic mass is 10.1. The lowest BCUT2D eigenvalue weighted by molar-refractivity contribution is 0.0636. The van der Waals surface area contributed by atoms with Gasteiger partial charge in [0.15, 0.2) is 0 Å². The van der Waals surface area contributed by atoms with Crippen molar-refractivity contribution in [2.45, 2.75) is 39.0 Å². The summed E-state index contributed by atoms with van der Waals surface area (Å²) in [7, 11) is 0. The van der Waals surface area contributed by atoms with Crippen LogP contribution in [-0.2, 0) is 4.74 Å². The number of halogens is 2. The first kappa shape index (κ1) is 16.7. The normalized spacial score (nSPS) is 12.9. The van der Waals surface area contributed by atoms with Gasteiger partial charge >= 0.3 is 6.09 Å². The number of rotatable bonds is 4. The second-order valence-corrected chi connectivity index (χ2v) is 5.82. The Bertz CT molecular complexity index is 475. The molecule has 0 aliphatic rings. The number of carbonyl (C=O) groups excluding carboxylic acids is 1. The maximum Gasteiger partial charge on any atom is 0.412 e. The summed E-state index contributed by atoms with van der Waals surface area (Å²) >= 11 is 5.95. The van der Waals surface area contributed by atoms with E-state index in [2.05, 4.69) is 5.32 Å². The van der Waals surface area contributed by atoms with E-state index in [1.807, 2.05) is 0 Å². The molecule has 1 atom stereocenters. The number of hydrogen-bond donors (Lipinski definition) is 2. The number of anilines is 1. The smallest absolute Gasteiger partial charge is 0.412 e. The first-order valence-electron chi connectivity index (χ1n) is 6.36. The summed E-state index contributed by atoms with van der Waals surface area (Å²) in [6.45, 7) is 5.51. The SMILES string of the molecule is CC(C)(C)OC(=O)Nc1ccc(Cl)c(C(F)CCN)c1. The van der Waals surface area contributed by atoms with Gasteiger partial charge in [0.2, 0.25) is 0 Å². The minimum Gasteiger partial charge on any atom is -0.444 e. The van der Waals surface area contributed by atoms with Crippen molar-refractivity contribution in [3.05, 3.63) is 28.8 Å². The summed E-state index contributed by atoms with van der Waals surface area (Å²) in [4.78, 5) is 11.6. The van der Waals surface area contributed by atoms with Crippen molar-refractivity contribution in [3.8, 4) is 0 Å². The molecule has 4 nitrogen and oxygen atoms in total. The largest absolute Gasteiger partial charge is 0.444 e. The Labute approximate surface area is 123 Å². The maximum absolute atomic E-state index is 13.9. The van der Waals surface area contributed by atoms with Gasteiger partial charge in [-0.05, 0) is 51.9 Å². The van der Waals surface area contributed by atoms with E-state index in [1.54, 1.807) is 26.8 Å². The van der Waals surface area contributed by atoms with Gasteiger partial charge in [0.1, 0.15) is 11.8 Å². The molecule has 0 saturated carbocycles. The number of hydrogen-bond acceptors (Lipinski definition) is 3. The van der Waals surface area contributed by atoms with E-state index in [0.29, 0.717) is 16.3 Å². The molecule has 0 radical (unpaired) electrons. The molecule has 0 saturated heterocycles. The first-order valence-corrected chi connectivity index (χ1v) is 6.74. The van der Waals surface area contributed by atoms with E-state index >= 15 is 0 Å². The first-order chi connectivity index (χ1) is 9.23. The van der Waals surface area contributed by atoms with E-state index in [-0.39, 0.29) is 13.0 Å². The molecular formula is C14H20ClFN2O2. The average molecular weight is 303 g/mol. The fraction of sp³-hybridized carbons (Fsp3) is 0.500. The molecule has 20 heavy (non-hydrogen) atoms. The highest BCUT2D eigenvalue weighted by Gasteiger charge is 2.18. The Hall–Kier alpha value is -1.33. The fourth-order valence-electron chi connectivity index (χ4n) is 1.58. The van der Waals surface area contributed by atoms with Crippen molar-refractivity contribution in [2.24, 2.45) is 5.73 Å². The molecular weight excluding hydrogens is 283 g/mol. The predicted molar refractivity (Wildman–Crippen MR) is 78.8 cm³/mol. The summed E-state index contributed by atoms with van der Waals surface area (Å²) in [5, 5.41) is 2.85. The number of alkyl halides is 1. The molecule has 1 unspecified atom stereocenters. The zero-order valence-electron chi connectivity index (χ0n) is 11.9. The quantitative estimate of drug-likeness (QED) is 0.882. The van der Waals surface area contributed by atoms with E-state index in [0.717, 1.165) is 0 Å². The molecule has 3 N–H and O–H groups in total. The zero-order chi connectivity index (χ0) is 15.3. The molecule has 1 rings (SSSR count). The third-order valence-electron chi connectivity index (χ3n) is 2.40. The molecule has 0 fully saturated rings. The number of nitrogens with two attached hydrogens (primary N) is 1. The summed E-state index contributed by atoms with van der Waals surface area (Å²) in [6, 6.07) is 4.62. The molecule has 1 aromatic carbocycles. The molecule has 6 heteroatoms. The van der Waals surface area contributed by atoms with Crippen LogP contribution in [0.1, 0.15) is 38.9 Å². The lowest BCUT2D eigenvalue weighted by Gasteiger charge is -2.20. The van der Waals surface area contributed by atoms with Crippen LogP contribution in [0.3, 0.4) is 0 Å². The maximum atomic E-state index is 13.9. The molecule has 112 valence electrons. The Morgan fingerprint density at radius 3 is 2.70 bits per heavy atom. The van der Waals surface area contributed by atoms with Gasteiger partial charge in [0.05, 0.1) is 0 Å². The van der Waals surface area contributed by atoms with E-state index in [4.69, 9.17) is 22.1 Å². The molecule has 0 bridgehead atoms. The third kappa shape index (κ3) is 5.35. The van der Waals surface area contributed by atoms with Crippen LogP contribution in [0.4, 0.5) is 14.9 Å². The van der Waals surface area contributed by atoms with Crippen LogP contribution in [0.25, 0.3) is 0 Å². The fourth-order valence-corrected chi connectivity index (χ4v) is 1.82. The molecule has 0 heterocycles. The van der Waals surface area contributed by atoms with Crippen LogP contribution in [0.5, 0.6) is 0 Å². The predicted octanol–water partition coefficient (Wildman–Crippen LogP) is 4.05. The number of nitrogens with one attached hydrogen (secondary N) is 1. The van der Waals surface area contributed by atoms with Crippen LogP contribution in [0.2, 0.25) is 5.02 Å². The molecule has 1 amide bonds. The van der Waals surface area contributed by atoms with Gasteiger partial charge < -0.3 is 10.5 Å². The van der Waals surface area contributed by atoms with Gasteiger partial charge in [-0.1, -0.05) is 11.6 Å². The van der Waals surface area contributed by atoms with E-state index < -0.39 is 17.9 Å². The van der Waals surface area contributed by atoms with Crippen LogP contribution in [0.15, 0.2) is 18.2 Å². The Morgan fingerprint density at radius 2 is 2.15 bits per heavy atom. The summed E-state index contributed by atoms with van der Waals surface area (Å²) in [5.41, 5.74) is 5.48.